The molecule has 1 aliphatic rings. The van der Waals surface area contributed by atoms with E-state index in [4.69, 9.17) is 4.42 Å². The number of rotatable bonds is 4. The average molecular weight is 359 g/mol. The molecule has 8 heteroatoms. The first-order valence-electron chi connectivity index (χ1n) is 7.86. The van der Waals surface area contributed by atoms with Crippen LogP contribution in [0.5, 0.6) is 0 Å². The van der Waals surface area contributed by atoms with E-state index in [2.05, 4.69) is 10.1 Å². The third-order valence-corrected chi connectivity index (χ3v) is 4.76. The normalized spacial score (nSPS) is 20.4. The number of carboxylic acid groups (broad SMARTS) is 1. The molecule has 2 aromatic rings. The lowest BCUT2D eigenvalue weighted by molar-refractivity contribution is -0.140. The van der Waals surface area contributed by atoms with Crippen molar-refractivity contribution < 1.29 is 28.6 Å². The van der Waals surface area contributed by atoms with Gasteiger partial charge in [-0.1, -0.05) is 13.8 Å². The van der Waals surface area contributed by atoms with Gasteiger partial charge in [0.15, 0.2) is 5.43 Å². The predicted octanol–water partition coefficient (Wildman–Crippen LogP) is 1.87. The fourth-order valence-electron chi connectivity index (χ4n) is 3.24. The van der Waals surface area contributed by atoms with Crippen LogP contribution in [0.4, 0.5) is 5.69 Å². The number of nitrogens with one attached hydrogen (secondary N) is 1. The van der Waals surface area contributed by atoms with Gasteiger partial charge in [-0.3, -0.25) is 14.4 Å². The molecule has 1 aromatic heterocycles. The van der Waals surface area contributed by atoms with Gasteiger partial charge in [0, 0.05) is 11.8 Å². The van der Waals surface area contributed by atoms with Crippen molar-refractivity contribution in [1.29, 1.82) is 0 Å². The van der Waals surface area contributed by atoms with Crippen molar-refractivity contribution in [2.24, 2.45) is 17.3 Å². The number of carboxylic acids is 1. The van der Waals surface area contributed by atoms with E-state index in [1.54, 1.807) is 13.8 Å². The minimum Gasteiger partial charge on any atom is -0.481 e. The SMILES string of the molecule is COC(=O)c1cc(=O)c2cc(NC(=O)[C@H]3[C@H](C(=O)O)C3(C)C)ccc2o1. The Bertz CT molecular complexity index is 989. The van der Waals surface area contributed by atoms with Crippen LogP contribution in [-0.4, -0.2) is 30.1 Å². The Labute approximate surface area is 147 Å². The summed E-state index contributed by atoms with van der Waals surface area (Å²) in [5.74, 6) is -3.80. The van der Waals surface area contributed by atoms with Gasteiger partial charge in [0.1, 0.15) is 5.58 Å². The largest absolute Gasteiger partial charge is 0.481 e. The summed E-state index contributed by atoms with van der Waals surface area (Å²) in [4.78, 5) is 47.3. The molecular formula is C18H17NO7. The minimum absolute atomic E-state index is 0.172. The Morgan fingerprint density at radius 3 is 2.46 bits per heavy atom. The molecule has 136 valence electrons. The number of fused-ring (bicyclic) bond motifs is 1. The quantitative estimate of drug-likeness (QED) is 0.799. The van der Waals surface area contributed by atoms with Crippen LogP contribution >= 0.6 is 0 Å². The summed E-state index contributed by atoms with van der Waals surface area (Å²) in [6.07, 6.45) is 0. The molecule has 0 aliphatic heterocycles. The van der Waals surface area contributed by atoms with Gasteiger partial charge in [0.25, 0.3) is 0 Å². The molecular weight excluding hydrogens is 342 g/mol. The molecule has 0 radical (unpaired) electrons. The summed E-state index contributed by atoms with van der Waals surface area (Å²) in [5, 5.41) is 12.0. The van der Waals surface area contributed by atoms with Crippen molar-refractivity contribution in [2.75, 3.05) is 12.4 Å². The smallest absolute Gasteiger partial charge is 0.374 e. The Kier molecular flexibility index (Phi) is 4.06. The van der Waals surface area contributed by atoms with E-state index in [0.717, 1.165) is 6.07 Å². The van der Waals surface area contributed by atoms with Crippen LogP contribution in [0, 0.1) is 17.3 Å². The van der Waals surface area contributed by atoms with E-state index in [1.807, 2.05) is 0 Å². The van der Waals surface area contributed by atoms with E-state index in [9.17, 15) is 24.3 Å². The number of aliphatic carboxylic acids is 1. The first-order valence-corrected chi connectivity index (χ1v) is 7.86. The molecule has 1 aromatic carbocycles. The molecule has 1 aliphatic carbocycles. The fraction of sp³-hybridized carbons (Fsp3) is 0.333. The number of esters is 1. The Balaban J connectivity index is 1.87. The Hall–Kier alpha value is -3.16. The number of ether oxygens (including phenoxy) is 1. The number of benzene rings is 1. The fourth-order valence-corrected chi connectivity index (χ4v) is 3.24. The van der Waals surface area contributed by atoms with Crippen molar-refractivity contribution in [3.8, 4) is 0 Å². The number of anilines is 1. The number of carbonyl (C=O) groups is 3. The highest BCUT2D eigenvalue weighted by Gasteiger charge is 2.65. The molecule has 3 rings (SSSR count). The lowest BCUT2D eigenvalue weighted by Gasteiger charge is -2.07. The zero-order valence-electron chi connectivity index (χ0n) is 14.4. The third-order valence-electron chi connectivity index (χ3n) is 4.76. The molecule has 0 bridgehead atoms. The maximum Gasteiger partial charge on any atom is 0.374 e. The average Bonchev–Trinajstić information content (AvgIpc) is 3.17. The summed E-state index contributed by atoms with van der Waals surface area (Å²) < 4.78 is 9.85. The second kappa shape index (κ2) is 5.98. The number of carbonyl (C=O) groups excluding carboxylic acids is 2. The summed E-state index contributed by atoms with van der Waals surface area (Å²) >= 11 is 0. The van der Waals surface area contributed by atoms with E-state index >= 15 is 0 Å². The highest BCUT2D eigenvalue weighted by atomic mass is 16.5. The zero-order valence-corrected chi connectivity index (χ0v) is 14.4. The highest BCUT2D eigenvalue weighted by molar-refractivity contribution is 6.00. The zero-order chi connectivity index (χ0) is 19.2. The Morgan fingerprint density at radius 2 is 1.88 bits per heavy atom. The first-order chi connectivity index (χ1) is 12.2. The third kappa shape index (κ3) is 2.83. The number of hydrogen-bond donors (Lipinski definition) is 2. The van der Waals surface area contributed by atoms with Crippen molar-refractivity contribution in [3.63, 3.8) is 0 Å². The lowest BCUT2D eigenvalue weighted by atomic mass is 10.1. The molecule has 1 fully saturated rings. The molecule has 1 saturated carbocycles. The van der Waals surface area contributed by atoms with Gasteiger partial charge in [-0.2, -0.15) is 0 Å². The molecule has 26 heavy (non-hydrogen) atoms. The monoisotopic (exact) mass is 359 g/mol. The van der Waals surface area contributed by atoms with Crippen LogP contribution in [0.1, 0.15) is 24.4 Å². The van der Waals surface area contributed by atoms with Crippen LogP contribution in [0.2, 0.25) is 0 Å². The minimum atomic E-state index is -1.01. The van der Waals surface area contributed by atoms with Gasteiger partial charge in [0.2, 0.25) is 11.7 Å². The van der Waals surface area contributed by atoms with E-state index in [1.165, 1.54) is 25.3 Å². The summed E-state index contributed by atoms with van der Waals surface area (Å²) in [6, 6.07) is 5.40. The number of methoxy groups -OCH3 is 1. The molecule has 1 amide bonds. The predicted molar refractivity (Wildman–Crippen MR) is 90.9 cm³/mol. The molecule has 0 spiro atoms. The van der Waals surface area contributed by atoms with Crippen molar-refractivity contribution >= 4 is 34.5 Å². The van der Waals surface area contributed by atoms with Crippen LogP contribution in [0.25, 0.3) is 11.0 Å². The summed E-state index contributed by atoms with van der Waals surface area (Å²) in [5.41, 5.74) is -0.572. The lowest BCUT2D eigenvalue weighted by Crippen LogP contribution is -2.18. The van der Waals surface area contributed by atoms with Crippen LogP contribution in [0.3, 0.4) is 0 Å². The first kappa shape index (κ1) is 17.7. The molecule has 8 nitrogen and oxygen atoms in total. The summed E-state index contributed by atoms with van der Waals surface area (Å²) in [7, 11) is 1.18. The van der Waals surface area contributed by atoms with Crippen molar-refractivity contribution in [3.05, 3.63) is 40.2 Å². The maximum atomic E-state index is 12.4. The van der Waals surface area contributed by atoms with Crippen LogP contribution in [0.15, 0.2) is 33.5 Å². The molecule has 0 saturated heterocycles. The van der Waals surface area contributed by atoms with Gasteiger partial charge in [-0.05, 0) is 23.6 Å². The van der Waals surface area contributed by atoms with Crippen molar-refractivity contribution in [2.45, 2.75) is 13.8 Å². The van der Waals surface area contributed by atoms with E-state index < -0.39 is 40.5 Å². The standard InChI is InChI=1S/C18H17NO7/c1-18(2)13(14(18)16(22)23)15(21)19-8-4-5-11-9(6-8)10(20)7-12(26-11)17(24)25-3/h4-7,13-14H,1-3H3,(H,19,21)(H,22,23)/t13-,14-/m1/s1. The van der Waals surface area contributed by atoms with Gasteiger partial charge >= 0.3 is 11.9 Å². The second-order valence-corrected chi connectivity index (χ2v) is 6.78. The maximum absolute atomic E-state index is 12.4. The van der Waals surface area contributed by atoms with Crippen molar-refractivity contribution in [1.82, 2.24) is 0 Å². The summed E-state index contributed by atoms with van der Waals surface area (Å²) in [6.45, 7) is 3.44. The number of hydrogen-bond acceptors (Lipinski definition) is 6. The van der Waals surface area contributed by atoms with Crippen LogP contribution in [-0.2, 0) is 14.3 Å². The van der Waals surface area contributed by atoms with E-state index in [-0.39, 0.29) is 16.7 Å². The second-order valence-electron chi connectivity index (χ2n) is 6.78. The molecule has 0 unspecified atom stereocenters. The van der Waals surface area contributed by atoms with Gasteiger partial charge in [-0.25, -0.2) is 4.79 Å². The number of amides is 1. The van der Waals surface area contributed by atoms with Gasteiger partial charge in [-0.15, -0.1) is 0 Å². The van der Waals surface area contributed by atoms with Gasteiger partial charge < -0.3 is 19.6 Å². The van der Waals surface area contributed by atoms with Gasteiger partial charge in [0.05, 0.1) is 24.3 Å². The Morgan fingerprint density at radius 1 is 1.19 bits per heavy atom. The molecule has 2 atom stereocenters. The molecule has 2 N–H and O–H groups in total. The van der Waals surface area contributed by atoms with Crippen LogP contribution < -0.4 is 10.7 Å². The van der Waals surface area contributed by atoms with E-state index in [0.29, 0.717) is 5.69 Å². The molecule has 1 heterocycles. The topological polar surface area (TPSA) is 123 Å². The highest BCUT2D eigenvalue weighted by Crippen LogP contribution is 2.58.